The molecule has 2 aromatic carbocycles. The fourth-order valence-electron chi connectivity index (χ4n) is 5.31. The molecule has 2 aliphatic heterocycles. The van der Waals surface area contributed by atoms with Crippen LogP contribution in [-0.4, -0.2) is 47.6 Å². The number of hydrogen-bond acceptors (Lipinski definition) is 10. The summed E-state index contributed by atoms with van der Waals surface area (Å²) in [5.41, 5.74) is 14.4. The number of likely N-dealkylation sites (tertiary alicyclic amines) is 1. The van der Waals surface area contributed by atoms with Crippen molar-refractivity contribution in [3.05, 3.63) is 74.3 Å². The summed E-state index contributed by atoms with van der Waals surface area (Å²) in [7, 11) is 1.41. The van der Waals surface area contributed by atoms with Crippen molar-refractivity contribution < 1.29 is 23.3 Å². The summed E-state index contributed by atoms with van der Waals surface area (Å²) in [5.74, 6) is -0.946. The van der Waals surface area contributed by atoms with E-state index >= 15 is 0 Å². The highest BCUT2D eigenvalue weighted by molar-refractivity contribution is 6.35. The average molecular weight is 630 g/mol. The molecule has 226 valence electrons. The molecule has 1 atom stereocenters. The van der Waals surface area contributed by atoms with Crippen LogP contribution in [0.4, 0.5) is 10.1 Å². The Balaban J connectivity index is 1.45. The molecule has 5 N–H and O–H groups in total. The van der Waals surface area contributed by atoms with Gasteiger partial charge in [-0.25, -0.2) is 4.98 Å². The third-order valence-electron chi connectivity index (χ3n) is 7.75. The SMILES string of the molecule is COc1cc(N)c(C(=N)c2cc(C#N)c3c(c2)COC2(CCN(C(C)C)CC2)O3)cc1O[C@H](N)c1c(Cl)cnc(F)c1Cl. The summed E-state index contributed by atoms with van der Waals surface area (Å²) >= 11 is 12.2. The van der Waals surface area contributed by atoms with Gasteiger partial charge in [-0.15, -0.1) is 0 Å². The first-order chi connectivity index (χ1) is 20.5. The molecule has 0 aliphatic carbocycles. The van der Waals surface area contributed by atoms with Crippen molar-refractivity contribution in [1.29, 1.82) is 10.7 Å². The van der Waals surface area contributed by atoms with Crippen LogP contribution in [-0.2, 0) is 11.3 Å². The number of halogens is 3. The van der Waals surface area contributed by atoms with E-state index in [1.807, 2.05) is 0 Å². The van der Waals surface area contributed by atoms with Gasteiger partial charge in [-0.1, -0.05) is 23.2 Å². The van der Waals surface area contributed by atoms with E-state index in [9.17, 15) is 9.65 Å². The number of methoxy groups -OCH3 is 1. The topological polar surface area (TPSA) is 153 Å². The van der Waals surface area contributed by atoms with Crippen LogP contribution >= 0.6 is 23.2 Å². The number of anilines is 1. The van der Waals surface area contributed by atoms with E-state index in [4.69, 9.17) is 59.0 Å². The first-order valence-corrected chi connectivity index (χ1v) is 14.3. The third kappa shape index (κ3) is 5.94. The monoisotopic (exact) mass is 628 g/mol. The molecule has 3 aromatic rings. The maximum absolute atomic E-state index is 14.0. The van der Waals surface area contributed by atoms with Gasteiger partial charge in [-0.3, -0.25) is 11.1 Å². The van der Waals surface area contributed by atoms with Crippen molar-refractivity contribution in [1.82, 2.24) is 9.88 Å². The minimum absolute atomic E-state index is 0.00709. The number of nitrogens with two attached hydrogens (primary N) is 2. The van der Waals surface area contributed by atoms with Gasteiger partial charge in [0, 0.05) is 66.6 Å². The molecule has 1 saturated heterocycles. The summed E-state index contributed by atoms with van der Waals surface area (Å²) < 4.78 is 37.9. The molecule has 0 amide bonds. The van der Waals surface area contributed by atoms with Crippen LogP contribution in [0.25, 0.3) is 0 Å². The molecule has 43 heavy (non-hydrogen) atoms. The number of aromatic nitrogens is 1. The van der Waals surface area contributed by atoms with Crippen LogP contribution in [0.15, 0.2) is 30.5 Å². The van der Waals surface area contributed by atoms with Gasteiger partial charge in [0.25, 0.3) is 0 Å². The zero-order valence-electron chi connectivity index (χ0n) is 23.8. The van der Waals surface area contributed by atoms with Crippen LogP contribution in [0.5, 0.6) is 17.2 Å². The lowest BCUT2D eigenvalue weighted by atomic mass is 9.94. The molecule has 3 heterocycles. The smallest absolute Gasteiger partial charge is 0.232 e. The van der Waals surface area contributed by atoms with Gasteiger partial charge in [0.05, 0.1) is 35.6 Å². The zero-order valence-corrected chi connectivity index (χ0v) is 25.4. The minimum atomic E-state index is -1.31. The van der Waals surface area contributed by atoms with Crippen LogP contribution in [0.1, 0.15) is 60.7 Å². The zero-order chi connectivity index (χ0) is 31.1. The number of nitriles is 1. The quantitative estimate of drug-likeness (QED) is 0.132. The number of nitrogens with one attached hydrogen (secondary N) is 1. The van der Waals surface area contributed by atoms with Crippen molar-refractivity contribution in [3.63, 3.8) is 0 Å². The number of nitrogens with zero attached hydrogens (tertiary/aromatic N) is 3. The van der Waals surface area contributed by atoms with Crippen LogP contribution < -0.4 is 25.7 Å². The average Bonchev–Trinajstić information content (AvgIpc) is 2.99. The molecule has 0 saturated carbocycles. The van der Waals surface area contributed by atoms with E-state index in [2.05, 4.69) is 29.8 Å². The number of nitrogen functional groups attached to an aromatic ring is 1. The predicted molar refractivity (Wildman–Crippen MR) is 160 cm³/mol. The third-order valence-corrected chi connectivity index (χ3v) is 8.41. The van der Waals surface area contributed by atoms with Gasteiger partial charge in [-0.2, -0.15) is 9.65 Å². The summed E-state index contributed by atoms with van der Waals surface area (Å²) in [5, 5.41) is 18.7. The molecular weight excluding hydrogens is 598 g/mol. The van der Waals surface area contributed by atoms with Gasteiger partial charge >= 0.3 is 0 Å². The molecular formula is C30H31Cl2FN6O4. The molecule has 1 fully saturated rings. The van der Waals surface area contributed by atoms with E-state index in [0.717, 1.165) is 19.3 Å². The second-order valence-electron chi connectivity index (χ2n) is 10.7. The molecule has 13 heteroatoms. The lowest BCUT2D eigenvalue weighted by Gasteiger charge is -2.45. The molecule has 1 spiro atoms. The Bertz CT molecular complexity index is 1620. The Morgan fingerprint density at radius 2 is 1.93 bits per heavy atom. The number of fused-ring (bicyclic) bond motifs is 1. The van der Waals surface area contributed by atoms with Crippen molar-refractivity contribution in [2.45, 2.75) is 51.4 Å². The first-order valence-electron chi connectivity index (χ1n) is 13.6. The summed E-state index contributed by atoms with van der Waals surface area (Å²) in [6.07, 6.45) is 1.14. The summed E-state index contributed by atoms with van der Waals surface area (Å²) in [6, 6.07) is 8.95. The molecule has 0 radical (unpaired) electrons. The molecule has 1 aromatic heterocycles. The number of pyridine rings is 1. The van der Waals surface area contributed by atoms with Gasteiger partial charge in [0.15, 0.2) is 17.7 Å². The van der Waals surface area contributed by atoms with Crippen molar-refractivity contribution in [2.24, 2.45) is 5.73 Å². The van der Waals surface area contributed by atoms with Gasteiger partial charge in [0.2, 0.25) is 11.7 Å². The molecule has 0 bridgehead atoms. The lowest BCUT2D eigenvalue weighted by Crippen LogP contribution is -2.52. The van der Waals surface area contributed by atoms with Crippen molar-refractivity contribution in [3.8, 4) is 23.3 Å². The lowest BCUT2D eigenvalue weighted by molar-refractivity contribution is -0.229. The van der Waals surface area contributed by atoms with E-state index < -0.39 is 18.0 Å². The maximum Gasteiger partial charge on any atom is 0.232 e. The highest BCUT2D eigenvalue weighted by Crippen LogP contribution is 2.42. The fraction of sp³-hybridized carbons (Fsp3) is 0.367. The van der Waals surface area contributed by atoms with Gasteiger partial charge in [0.1, 0.15) is 16.8 Å². The number of benzene rings is 2. The van der Waals surface area contributed by atoms with Crippen molar-refractivity contribution in [2.75, 3.05) is 25.9 Å². The van der Waals surface area contributed by atoms with E-state index in [-0.39, 0.29) is 50.7 Å². The van der Waals surface area contributed by atoms with Gasteiger partial charge in [-0.05, 0) is 32.0 Å². The highest BCUT2D eigenvalue weighted by atomic mass is 35.5. The second kappa shape index (κ2) is 12.1. The van der Waals surface area contributed by atoms with Gasteiger partial charge < -0.3 is 29.6 Å². The highest BCUT2D eigenvalue weighted by Gasteiger charge is 2.42. The Morgan fingerprint density at radius 1 is 1.21 bits per heavy atom. The van der Waals surface area contributed by atoms with Crippen LogP contribution in [0, 0.1) is 22.7 Å². The molecule has 5 rings (SSSR count). The summed E-state index contributed by atoms with van der Waals surface area (Å²) in [6.45, 7) is 6.21. The van der Waals surface area contributed by atoms with Crippen LogP contribution in [0.2, 0.25) is 10.0 Å². The number of ether oxygens (including phenoxy) is 4. The fourth-order valence-corrected chi connectivity index (χ4v) is 5.86. The van der Waals surface area contributed by atoms with Crippen LogP contribution in [0.3, 0.4) is 0 Å². The standard InChI is InChI=1S/C30H31Cl2FN6O4/c1-15(2)39-6-4-30(5-7-39)41-14-18-9-16(8-17(12-34)27(18)43-30)26(36)19-10-23(22(40-3)11-21(19)35)42-29(37)24-20(31)13-38-28(33)25(24)32/h8-11,13,15,29,36H,4-7,14,35,37H2,1-3H3/t29-/m0/s1. The minimum Gasteiger partial charge on any atom is -0.493 e. The van der Waals surface area contributed by atoms with E-state index in [1.54, 1.807) is 12.1 Å². The Morgan fingerprint density at radius 3 is 2.58 bits per heavy atom. The van der Waals surface area contributed by atoms with E-state index in [1.165, 1.54) is 19.2 Å². The van der Waals surface area contributed by atoms with Crippen molar-refractivity contribution >= 4 is 34.6 Å². The predicted octanol–water partition coefficient (Wildman–Crippen LogP) is 5.55. The largest absolute Gasteiger partial charge is 0.493 e. The molecule has 10 nitrogen and oxygen atoms in total. The second-order valence-corrected chi connectivity index (χ2v) is 11.5. The maximum atomic E-state index is 14.0. The number of hydrogen-bond donors (Lipinski definition) is 3. The number of rotatable bonds is 7. The first kappa shape index (κ1) is 30.8. The number of piperidine rings is 1. The Kier molecular flexibility index (Phi) is 8.70. The Labute approximate surface area is 258 Å². The normalized spacial score (nSPS) is 16.7. The molecule has 0 unspecified atom stereocenters. The Hall–Kier alpha value is -3.66. The van der Waals surface area contributed by atoms with E-state index in [0.29, 0.717) is 41.3 Å². The molecule has 2 aliphatic rings. The summed E-state index contributed by atoms with van der Waals surface area (Å²) in [4.78, 5) is 5.84.